The summed E-state index contributed by atoms with van der Waals surface area (Å²) in [6, 6.07) is 7.79. The molecule has 0 spiro atoms. The summed E-state index contributed by atoms with van der Waals surface area (Å²) in [7, 11) is 0. The number of nitrogens with one attached hydrogen (secondary N) is 1. The normalized spacial score (nSPS) is 13.9. The number of benzene rings is 1. The Bertz CT molecular complexity index is 1310. The standard InChI is InChI=1S/C28H31F3N4O5/c1-18-24(15-22(17-32-18)34-26(38)19-3-2-4-21(13-19)28(29,30)31)20-14-25(35-7-11-39-12-8-35)27(33-16-20)40-23(5-9-36)6-10-37/h2-4,13-17,23,36-37H,5-12H2,1H3,(H,34,38). The summed E-state index contributed by atoms with van der Waals surface area (Å²) in [6.45, 7) is 3.87. The molecule has 1 fully saturated rings. The van der Waals surface area contributed by atoms with E-state index in [0.717, 1.165) is 12.1 Å². The molecule has 4 rings (SSSR count). The lowest BCUT2D eigenvalue weighted by Gasteiger charge is -2.31. The van der Waals surface area contributed by atoms with Crippen molar-refractivity contribution in [3.8, 4) is 17.0 Å². The lowest BCUT2D eigenvalue weighted by molar-refractivity contribution is -0.137. The molecule has 0 bridgehead atoms. The van der Waals surface area contributed by atoms with Gasteiger partial charge in [0.25, 0.3) is 5.91 Å². The average molecular weight is 561 g/mol. The van der Waals surface area contributed by atoms with Crippen LogP contribution in [0, 0.1) is 6.92 Å². The maximum absolute atomic E-state index is 13.1. The largest absolute Gasteiger partial charge is 0.473 e. The first-order valence-corrected chi connectivity index (χ1v) is 12.9. The molecule has 1 saturated heterocycles. The van der Waals surface area contributed by atoms with Gasteiger partial charge in [0.2, 0.25) is 5.88 Å². The number of aliphatic hydroxyl groups excluding tert-OH is 2. The highest BCUT2D eigenvalue weighted by atomic mass is 19.4. The summed E-state index contributed by atoms with van der Waals surface area (Å²) in [4.78, 5) is 23.8. The number of ether oxygens (including phenoxy) is 2. The van der Waals surface area contributed by atoms with E-state index in [1.54, 1.807) is 19.2 Å². The molecule has 1 aliphatic heterocycles. The fourth-order valence-corrected chi connectivity index (χ4v) is 4.35. The summed E-state index contributed by atoms with van der Waals surface area (Å²) < 4.78 is 50.9. The zero-order chi connectivity index (χ0) is 28.7. The van der Waals surface area contributed by atoms with E-state index in [1.165, 1.54) is 18.3 Å². The van der Waals surface area contributed by atoms with E-state index < -0.39 is 23.8 Å². The quantitative estimate of drug-likeness (QED) is 0.340. The molecule has 0 atom stereocenters. The van der Waals surface area contributed by atoms with Gasteiger partial charge in [-0.05, 0) is 37.3 Å². The molecule has 9 nitrogen and oxygen atoms in total. The molecule has 3 aromatic rings. The van der Waals surface area contributed by atoms with Crippen molar-refractivity contribution in [3.05, 3.63) is 65.6 Å². The number of alkyl halides is 3. The molecule has 2 aromatic heterocycles. The molecule has 214 valence electrons. The van der Waals surface area contributed by atoms with Crippen molar-refractivity contribution in [1.29, 1.82) is 0 Å². The highest BCUT2D eigenvalue weighted by Crippen LogP contribution is 2.35. The van der Waals surface area contributed by atoms with Gasteiger partial charge in [0, 0.05) is 67.7 Å². The van der Waals surface area contributed by atoms with Crippen LogP contribution in [0.1, 0.15) is 34.5 Å². The Labute approximate surface area is 229 Å². The van der Waals surface area contributed by atoms with E-state index in [9.17, 15) is 28.2 Å². The molecule has 0 aliphatic carbocycles. The first-order valence-electron chi connectivity index (χ1n) is 12.9. The number of hydrogen-bond acceptors (Lipinski definition) is 8. The van der Waals surface area contributed by atoms with Gasteiger partial charge in [0.15, 0.2) is 0 Å². The third-order valence-electron chi connectivity index (χ3n) is 6.47. The Balaban J connectivity index is 1.64. The number of rotatable bonds is 10. The minimum Gasteiger partial charge on any atom is -0.473 e. The Hall–Kier alpha value is -3.74. The number of pyridine rings is 2. The van der Waals surface area contributed by atoms with E-state index in [-0.39, 0.29) is 18.8 Å². The number of amides is 1. The van der Waals surface area contributed by atoms with Crippen LogP contribution in [-0.2, 0) is 10.9 Å². The van der Waals surface area contributed by atoms with Gasteiger partial charge >= 0.3 is 6.18 Å². The smallest absolute Gasteiger partial charge is 0.416 e. The monoisotopic (exact) mass is 560 g/mol. The lowest BCUT2D eigenvalue weighted by Crippen LogP contribution is -2.37. The van der Waals surface area contributed by atoms with Crippen LogP contribution in [0.4, 0.5) is 24.5 Å². The number of anilines is 2. The van der Waals surface area contributed by atoms with Crippen molar-refractivity contribution in [2.45, 2.75) is 32.0 Å². The second-order valence-electron chi connectivity index (χ2n) is 9.30. The van der Waals surface area contributed by atoms with Gasteiger partial charge < -0.3 is 29.9 Å². The highest BCUT2D eigenvalue weighted by molar-refractivity contribution is 6.04. The summed E-state index contributed by atoms with van der Waals surface area (Å²) >= 11 is 0. The van der Waals surface area contributed by atoms with Crippen molar-refractivity contribution in [2.24, 2.45) is 0 Å². The third-order valence-corrected chi connectivity index (χ3v) is 6.47. The number of hydrogen-bond donors (Lipinski definition) is 3. The predicted molar refractivity (Wildman–Crippen MR) is 142 cm³/mol. The fraction of sp³-hybridized carbons (Fsp3) is 0.393. The molecular weight excluding hydrogens is 529 g/mol. The van der Waals surface area contributed by atoms with E-state index in [4.69, 9.17) is 9.47 Å². The third kappa shape index (κ3) is 7.26. The van der Waals surface area contributed by atoms with Gasteiger partial charge in [-0.3, -0.25) is 9.78 Å². The van der Waals surface area contributed by atoms with E-state index in [2.05, 4.69) is 20.2 Å². The molecule has 0 saturated carbocycles. The van der Waals surface area contributed by atoms with Crippen molar-refractivity contribution in [2.75, 3.05) is 49.7 Å². The second-order valence-corrected chi connectivity index (χ2v) is 9.30. The van der Waals surface area contributed by atoms with Crippen LogP contribution in [0.5, 0.6) is 5.88 Å². The number of nitrogens with zero attached hydrogens (tertiary/aromatic N) is 3. The van der Waals surface area contributed by atoms with Gasteiger partial charge in [-0.15, -0.1) is 0 Å². The number of carbonyl (C=O) groups is 1. The zero-order valence-corrected chi connectivity index (χ0v) is 21.9. The van der Waals surface area contributed by atoms with Crippen LogP contribution in [-0.4, -0.2) is 71.7 Å². The number of carbonyl (C=O) groups excluding carboxylic acids is 1. The minimum absolute atomic E-state index is 0.0977. The summed E-state index contributed by atoms with van der Waals surface area (Å²) in [5, 5.41) is 21.4. The second kappa shape index (κ2) is 13.1. The van der Waals surface area contributed by atoms with Crippen molar-refractivity contribution < 1.29 is 37.7 Å². The topological polar surface area (TPSA) is 117 Å². The van der Waals surface area contributed by atoms with Gasteiger partial charge in [0.05, 0.1) is 30.7 Å². The van der Waals surface area contributed by atoms with Crippen LogP contribution in [0.2, 0.25) is 0 Å². The molecule has 1 amide bonds. The molecule has 40 heavy (non-hydrogen) atoms. The van der Waals surface area contributed by atoms with Crippen LogP contribution >= 0.6 is 0 Å². The van der Waals surface area contributed by atoms with E-state index >= 15 is 0 Å². The molecule has 12 heteroatoms. The van der Waals surface area contributed by atoms with Crippen molar-refractivity contribution >= 4 is 17.3 Å². The predicted octanol–water partition coefficient (Wildman–Crippen LogP) is 4.07. The van der Waals surface area contributed by atoms with Gasteiger partial charge in [-0.2, -0.15) is 13.2 Å². The number of morpholine rings is 1. The molecule has 0 unspecified atom stereocenters. The van der Waals surface area contributed by atoms with Gasteiger partial charge in [-0.1, -0.05) is 6.07 Å². The van der Waals surface area contributed by atoms with Gasteiger partial charge in [-0.25, -0.2) is 4.98 Å². The van der Waals surface area contributed by atoms with E-state index in [0.29, 0.717) is 73.2 Å². The number of aryl methyl sites for hydroxylation is 1. The van der Waals surface area contributed by atoms with Crippen LogP contribution in [0.3, 0.4) is 0 Å². The number of aliphatic hydroxyl groups is 2. The summed E-state index contributed by atoms with van der Waals surface area (Å²) in [5.74, 6) is -0.338. The Kier molecular flexibility index (Phi) is 9.56. The Morgan fingerprint density at radius 1 is 1.10 bits per heavy atom. The molecule has 3 N–H and O–H groups in total. The highest BCUT2D eigenvalue weighted by Gasteiger charge is 2.31. The zero-order valence-electron chi connectivity index (χ0n) is 21.9. The molecule has 0 radical (unpaired) electrons. The number of halogens is 3. The van der Waals surface area contributed by atoms with Crippen molar-refractivity contribution in [3.63, 3.8) is 0 Å². The molecule has 3 heterocycles. The fourth-order valence-electron chi connectivity index (χ4n) is 4.35. The van der Waals surface area contributed by atoms with E-state index in [1.807, 2.05) is 6.07 Å². The Morgan fingerprint density at radius 2 is 1.82 bits per heavy atom. The molecule has 1 aliphatic rings. The Morgan fingerprint density at radius 3 is 2.50 bits per heavy atom. The van der Waals surface area contributed by atoms with Gasteiger partial charge in [0.1, 0.15) is 11.8 Å². The van der Waals surface area contributed by atoms with Crippen LogP contribution in [0.15, 0.2) is 48.8 Å². The summed E-state index contributed by atoms with van der Waals surface area (Å²) in [5.41, 5.74) is 1.98. The number of aromatic nitrogens is 2. The maximum Gasteiger partial charge on any atom is 0.416 e. The average Bonchev–Trinajstić information content (AvgIpc) is 2.95. The van der Waals surface area contributed by atoms with Crippen LogP contribution < -0.4 is 15.0 Å². The SMILES string of the molecule is Cc1ncc(NC(=O)c2cccc(C(F)(F)F)c2)cc1-c1cnc(OC(CCO)CCO)c(N2CCOCC2)c1. The van der Waals surface area contributed by atoms with Crippen molar-refractivity contribution in [1.82, 2.24) is 9.97 Å². The first kappa shape index (κ1) is 29.2. The minimum atomic E-state index is -4.56. The molecular formula is C28H31F3N4O5. The first-order chi connectivity index (χ1) is 19.2. The molecule has 1 aromatic carbocycles. The maximum atomic E-state index is 13.1. The summed E-state index contributed by atoms with van der Waals surface area (Å²) in [6.07, 6.45) is -1.27. The van der Waals surface area contributed by atoms with Crippen LogP contribution in [0.25, 0.3) is 11.1 Å². The lowest BCUT2D eigenvalue weighted by atomic mass is 10.0.